The second-order valence-corrected chi connectivity index (χ2v) is 7.18. The van der Waals surface area contributed by atoms with Crippen molar-refractivity contribution >= 4 is 29.0 Å². The Morgan fingerprint density at radius 1 is 1.30 bits per heavy atom. The quantitative estimate of drug-likeness (QED) is 0.680. The number of hydrogen-bond acceptors (Lipinski definition) is 4. The van der Waals surface area contributed by atoms with E-state index in [2.05, 4.69) is 10.2 Å². The first kappa shape index (κ1) is 14.8. The maximum absolute atomic E-state index is 12.7. The van der Waals surface area contributed by atoms with E-state index in [1.54, 1.807) is 26.9 Å². The third-order valence-corrected chi connectivity index (χ3v) is 5.67. The van der Waals surface area contributed by atoms with E-state index in [9.17, 15) is 4.79 Å². The Kier molecular flexibility index (Phi) is 3.66. The number of benzene rings is 1. The third kappa shape index (κ3) is 2.66. The highest BCUT2D eigenvalue weighted by Gasteiger charge is 2.22. The van der Waals surface area contributed by atoms with Crippen molar-refractivity contribution < 1.29 is 0 Å². The summed E-state index contributed by atoms with van der Waals surface area (Å²) >= 11 is 7.83. The van der Waals surface area contributed by atoms with Gasteiger partial charge in [-0.05, 0) is 43.4 Å². The summed E-state index contributed by atoms with van der Waals surface area (Å²) in [6.45, 7) is 1.90. The lowest BCUT2D eigenvalue weighted by Gasteiger charge is -2.10. The van der Waals surface area contributed by atoms with Gasteiger partial charge in [0.1, 0.15) is 0 Å². The fourth-order valence-electron chi connectivity index (χ4n) is 2.49. The highest BCUT2D eigenvalue weighted by molar-refractivity contribution is 7.99. The Labute approximate surface area is 142 Å². The van der Waals surface area contributed by atoms with E-state index in [0.717, 1.165) is 28.1 Å². The van der Waals surface area contributed by atoms with E-state index in [-0.39, 0.29) is 5.56 Å². The normalized spacial score (nSPS) is 14.5. The largest absolute Gasteiger partial charge is 0.300 e. The van der Waals surface area contributed by atoms with Crippen molar-refractivity contribution in [3.8, 4) is 5.69 Å². The fourth-order valence-corrected chi connectivity index (χ4v) is 3.76. The SMILES string of the molecule is Cc1c(Cl)cccc1-n1ccn2c(SCC3CC3)nnc2c1=O. The Balaban J connectivity index is 1.79. The lowest BCUT2D eigenvalue weighted by atomic mass is 10.2. The van der Waals surface area contributed by atoms with Gasteiger partial charge in [-0.2, -0.15) is 0 Å². The number of nitrogens with zero attached hydrogens (tertiary/aromatic N) is 4. The van der Waals surface area contributed by atoms with Gasteiger partial charge in [-0.1, -0.05) is 29.4 Å². The standard InChI is InChI=1S/C16H15ClN4OS/c1-10-12(17)3-2-4-13(10)20-7-8-21-14(15(20)22)18-19-16(21)23-9-11-5-6-11/h2-4,7-8,11H,5-6,9H2,1H3. The van der Waals surface area contributed by atoms with E-state index >= 15 is 0 Å². The Bertz CT molecular complexity index is 945. The van der Waals surface area contributed by atoms with Crippen LogP contribution in [0.2, 0.25) is 5.02 Å². The molecule has 0 bridgehead atoms. The fraction of sp³-hybridized carbons (Fsp3) is 0.312. The van der Waals surface area contributed by atoms with Gasteiger partial charge in [0, 0.05) is 23.2 Å². The molecule has 0 amide bonds. The summed E-state index contributed by atoms with van der Waals surface area (Å²) in [6.07, 6.45) is 6.18. The van der Waals surface area contributed by atoms with Crippen LogP contribution in [0.4, 0.5) is 0 Å². The van der Waals surface area contributed by atoms with Gasteiger partial charge >= 0.3 is 5.56 Å². The summed E-state index contributed by atoms with van der Waals surface area (Å²) in [5.41, 5.74) is 1.78. The molecule has 1 aliphatic carbocycles. The molecule has 0 atom stereocenters. The van der Waals surface area contributed by atoms with Gasteiger partial charge in [0.15, 0.2) is 5.16 Å². The van der Waals surface area contributed by atoms with Crippen molar-refractivity contribution in [2.24, 2.45) is 5.92 Å². The number of hydrogen-bond donors (Lipinski definition) is 0. The van der Waals surface area contributed by atoms with Crippen molar-refractivity contribution in [2.75, 3.05) is 5.75 Å². The van der Waals surface area contributed by atoms with Crippen LogP contribution in [-0.4, -0.2) is 24.9 Å². The van der Waals surface area contributed by atoms with Gasteiger partial charge in [0.2, 0.25) is 5.65 Å². The first-order chi connectivity index (χ1) is 11.1. The molecule has 2 aromatic heterocycles. The molecule has 5 nitrogen and oxygen atoms in total. The molecule has 23 heavy (non-hydrogen) atoms. The minimum absolute atomic E-state index is 0.191. The molecular formula is C16H15ClN4OS. The van der Waals surface area contributed by atoms with Gasteiger partial charge < -0.3 is 0 Å². The average molecular weight is 347 g/mol. The highest BCUT2D eigenvalue weighted by atomic mass is 35.5. The topological polar surface area (TPSA) is 52.2 Å². The maximum atomic E-state index is 12.7. The maximum Gasteiger partial charge on any atom is 0.300 e. The zero-order chi connectivity index (χ0) is 16.0. The van der Waals surface area contributed by atoms with Crippen LogP contribution in [-0.2, 0) is 0 Å². The van der Waals surface area contributed by atoms with Crippen LogP contribution in [0.25, 0.3) is 11.3 Å². The Hall–Kier alpha value is -1.79. The van der Waals surface area contributed by atoms with Gasteiger partial charge in [-0.25, -0.2) is 0 Å². The number of fused-ring (bicyclic) bond motifs is 1. The van der Waals surface area contributed by atoms with Crippen LogP contribution < -0.4 is 5.56 Å². The van der Waals surface area contributed by atoms with Crippen molar-refractivity contribution in [1.29, 1.82) is 0 Å². The molecule has 1 aromatic carbocycles. The number of aromatic nitrogens is 4. The molecule has 7 heteroatoms. The third-order valence-electron chi connectivity index (χ3n) is 4.08. The van der Waals surface area contributed by atoms with Crippen molar-refractivity contribution in [2.45, 2.75) is 24.9 Å². The lowest BCUT2D eigenvalue weighted by molar-refractivity contribution is 0.885. The van der Waals surface area contributed by atoms with Crippen LogP contribution in [0.15, 0.2) is 40.5 Å². The molecule has 118 valence electrons. The highest BCUT2D eigenvalue weighted by Crippen LogP contribution is 2.34. The first-order valence-electron chi connectivity index (χ1n) is 7.50. The van der Waals surface area contributed by atoms with Crippen LogP contribution >= 0.6 is 23.4 Å². The first-order valence-corrected chi connectivity index (χ1v) is 8.86. The zero-order valence-electron chi connectivity index (χ0n) is 12.6. The molecule has 0 spiro atoms. The Morgan fingerprint density at radius 3 is 2.91 bits per heavy atom. The second-order valence-electron chi connectivity index (χ2n) is 5.79. The monoisotopic (exact) mass is 346 g/mol. The summed E-state index contributed by atoms with van der Waals surface area (Å²) in [6, 6.07) is 5.52. The number of rotatable bonds is 4. The van der Waals surface area contributed by atoms with Crippen LogP contribution in [0, 0.1) is 12.8 Å². The van der Waals surface area contributed by atoms with Crippen LogP contribution in [0.5, 0.6) is 0 Å². The van der Waals surface area contributed by atoms with Crippen LogP contribution in [0.3, 0.4) is 0 Å². The van der Waals surface area contributed by atoms with Crippen molar-refractivity contribution in [3.05, 3.63) is 51.5 Å². The van der Waals surface area contributed by atoms with E-state index in [1.165, 1.54) is 12.8 Å². The van der Waals surface area contributed by atoms with Crippen LogP contribution in [0.1, 0.15) is 18.4 Å². The van der Waals surface area contributed by atoms with E-state index in [1.807, 2.05) is 31.3 Å². The molecule has 0 unspecified atom stereocenters. The molecule has 0 N–H and O–H groups in total. The van der Waals surface area contributed by atoms with Gasteiger partial charge in [-0.15, -0.1) is 10.2 Å². The van der Waals surface area contributed by atoms with E-state index in [0.29, 0.717) is 10.7 Å². The van der Waals surface area contributed by atoms with Crippen molar-refractivity contribution in [3.63, 3.8) is 0 Å². The molecule has 3 aromatic rings. The minimum Gasteiger partial charge on any atom is -0.279 e. The van der Waals surface area contributed by atoms with Gasteiger partial charge in [0.25, 0.3) is 0 Å². The molecular weight excluding hydrogens is 332 g/mol. The van der Waals surface area contributed by atoms with Gasteiger partial charge in [0.05, 0.1) is 5.69 Å². The second kappa shape index (κ2) is 5.69. The lowest BCUT2D eigenvalue weighted by Crippen LogP contribution is -2.21. The minimum atomic E-state index is -0.191. The predicted octanol–water partition coefficient (Wildman–Crippen LogP) is 3.34. The van der Waals surface area contributed by atoms with E-state index < -0.39 is 0 Å². The Morgan fingerprint density at radius 2 is 2.13 bits per heavy atom. The molecule has 0 saturated heterocycles. The van der Waals surface area contributed by atoms with Crippen molar-refractivity contribution in [1.82, 2.24) is 19.2 Å². The summed E-state index contributed by atoms with van der Waals surface area (Å²) in [4.78, 5) is 12.7. The average Bonchev–Trinajstić information content (AvgIpc) is 3.28. The zero-order valence-corrected chi connectivity index (χ0v) is 14.1. The molecule has 0 aliphatic heterocycles. The van der Waals surface area contributed by atoms with E-state index in [4.69, 9.17) is 11.6 Å². The smallest absolute Gasteiger partial charge is 0.279 e. The molecule has 0 radical (unpaired) electrons. The molecule has 1 saturated carbocycles. The summed E-state index contributed by atoms with van der Waals surface area (Å²) < 4.78 is 3.34. The molecule has 1 fully saturated rings. The molecule has 2 heterocycles. The summed E-state index contributed by atoms with van der Waals surface area (Å²) in [7, 11) is 0. The molecule has 1 aliphatic rings. The predicted molar refractivity (Wildman–Crippen MR) is 91.8 cm³/mol. The number of halogens is 1. The summed E-state index contributed by atoms with van der Waals surface area (Å²) in [5.74, 6) is 1.83. The molecule has 4 rings (SSSR count). The summed E-state index contributed by atoms with van der Waals surface area (Å²) in [5, 5.41) is 9.66. The number of thioether (sulfide) groups is 1. The van der Waals surface area contributed by atoms with Gasteiger partial charge in [-0.3, -0.25) is 13.8 Å².